The summed E-state index contributed by atoms with van der Waals surface area (Å²) in [6.07, 6.45) is 9.25. The fourth-order valence-electron chi connectivity index (χ4n) is 4.26. The second-order valence-electron chi connectivity index (χ2n) is 8.08. The topological polar surface area (TPSA) is 90.9 Å². The molecule has 0 spiro atoms. The molecule has 2 aliphatic rings. The first-order chi connectivity index (χ1) is 16.2. The fourth-order valence-corrected chi connectivity index (χ4v) is 4.26. The van der Waals surface area contributed by atoms with Crippen LogP contribution in [-0.2, 0) is 9.59 Å². The summed E-state index contributed by atoms with van der Waals surface area (Å²) in [6.45, 7) is 4.50. The second-order valence-corrected chi connectivity index (χ2v) is 8.08. The number of carbonyl (C=O) groups is 2. The molecule has 0 radical (unpaired) electrons. The molecule has 2 fully saturated rings. The van der Waals surface area contributed by atoms with Gasteiger partial charge in [-0.05, 0) is 6.07 Å². The Morgan fingerprint density at radius 2 is 2.00 bits per heavy atom. The predicted molar refractivity (Wildman–Crippen MR) is 126 cm³/mol. The van der Waals surface area contributed by atoms with Crippen LogP contribution >= 0.6 is 0 Å². The predicted octanol–water partition coefficient (Wildman–Crippen LogP) is 1.04. The molecule has 1 aromatic carbocycles. The number of hydrogen-bond acceptors (Lipinski definition) is 7. The van der Waals surface area contributed by atoms with Crippen molar-refractivity contribution in [2.75, 3.05) is 57.8 Å². The standard InChI is InChI=1S/C24H30N6O3/c1-33-21-7-3-2-5-19(21)6-4-11-28-12-10-27-24(32)20(28)17-23(31)30-15-13-29(14-16-30)22-18-25-8-9-26-22/h2-9,18,20H,10-17H2,1H3,(H,27,32)/b6-4+/t20-/m1/s1. The Bertz CT molecular complexity index is 975. The van der Waals surface area contributed by atoms with Crippen molar-refractivity contribution in [3.63, 3.8) is 0 Å². The molecule has 2 aliphatic heterocycles. The molecule has 33 heavy (non-hydrogen) atoms. The Morgan fingerprint density at radius 3 is 2.76 bits per heavy atom. The molecule has 4 rings (SSSR count). The third-order valence-corrected chi connectivity index (χ3v) is 6.09. The van der Waals surface area contributed by atoms with Crippen LogP contribution in [0, 0.1) is 0 Å². The molecule has 1 N–H and O–H groups in total. The minimum atomic E-state index is -0.466. The number of hydrogen-bond donors (Lipinski definition) is 1. The van der Waals surface area contributed by atoms with Crippen LogP contribution in [0.5, 0.6) is 5.75 Å². The lowest BCUT2D eigenvalue weighted by atomic mass is 10.1. The van der Waals surface area contributed by atoms with E-state index in [4.69, 9.17) is 4.74 Å². The number of ether oxygens (including phenoxy) is 1. The zero-order valence-corrected chi connectivity index (χ0v) is 18.9. The van der Waals surface area contributed by atoms with Gasteiger partial charge in [-0.15, -0.1) is 0 Å². The molecule has 0 aliphatic carbocycles. The lowest BCUT2D eigenvalue weighted by Crippen LogP contribution is -2.57. The van der Waals surface area contributed by atoms with E-state index < -0.39 is 6.04 Å². The van der Waals surface area contributed by atoms with Gasteiger partial charge < -0.3 is 19.9 Å². The number of aromatic nitrogens is 2. The zero-order valence-electron chi connectivity index (χ0n) is 18.9. The highest BCUT2D eigenvalue weighted by Gasteiger charge is 2.33. The summed E-state index contributed by atoms with van der Waals surface area (Å²) in [4.78, 5) is 40.1. The number of carbonyl (C=O) groups excluding carboxylic acids is 2. The monoisotopic (exact) mass is 450 g/mol. The van der Waals surface area contributed by atoms with Gasteiger partial charge >= 0.3 is 0 Å². The lowest BCUT2D eigenvalue weighted by Gasteiger charge is -2.38. The van der Waals surface area contributed by atoms with Crippen molar-refractivity contribution < 1.29 is 14.3 Å². The van der Waals surface area contributed by atoms with Gasteiger partial charge in [0, 0.05) is 63.8 Å². The number of anilines is 1. The van der Waals surface area contributed by atoms with Crippen molar-refractivity contribution in [3.8, 4) is 5.75 Å². The zero-order chi connectivity index (χ0) is 23.0. The van der Waals surface area contributed by atoms with Crippen LogP contribution in [0.4, 0.5) is 5.82 Å². The molecule has 1 aromatic heterocycles. The van der Waals surface area contributed by atoms with Gasteiger partial charge in [0.2, 0.25) is 11.8 Å². The van der Waals surface area contributed by atoms with E-state index in [-0.39, 0.29) is 18.2 Å². The van der Waals surface area contributed by atoms with Gasteiger partial charge in [0.15, 0.2) is 0 Å². The molecule has 2 aromatic rings. The van der Waals surface area contributed by atoms with Crippen molar-refractivity contribution in [1.29, 1.82) is 0 Å². The largest absolute Gasteiger partial charge is 0.496 e. The van der Waals surface area contributed by atoms with Gasteiger partial charge in [0.1, 0.15) is 11.6 Å². The maximum Gasteiger partial charge on any atom is 0.237 e. The summed E-state index contributed by atoms with van der Waals surface area (Å²) in [6, 6.07) is 7.33. The SMILES string of the molecule is COc1ccccc1/C=C/CN1CCNC(=O)[C@H]1CC(=O)N1CCN(c2cnccn2)CC1. The van der Waals surface area contributed by atoms with Crippen LogP contribution in [0.25, 0.3) is 6.08 Å². The summed E-state index contributed by atoms with van der Waals surface area (Å²) >= 11 is 0. The Hall–Kier alpha value is -3.46. The van der Waals surface area contributed by atoms with Crippen LogP contribution in [0.15, 0.2) is 48.9 Å². The van der Waals surface area contributed by atoms with Crippen LogP contribution < -0.4 is 15.0 Å². The highest BCUT2D eigenvalue weighted by atomic mass is 16.5. The van der Waals surface area contributed by atoms with Crippen molar-refractivity contribution in [2.24, 2.45) is 0 Å². The smallest absolute Gasteiger partial charge is 0.237 e. The molecule has 0 unspecified atom stereocenters. The number of amides is 2. The maximum atomic E-state index is 13.0. The van der Waals surface area contributed by atoms with E-state index in [0.717, 1.165) is 17.1 Å². The molecule has 174 valence electrons. The van der Waals surface area contributed by atoms with Crippen LogP contribution in [0.2, 0.25) is 0 Å². The summed E-state index contributed by atoms with van der Waals surface area (Å²) < 4.78 is 5.39. The summed E-state index contributed by atoms with van der Waals surface area (Å²) in [7, 11) is 1.65. The van der Waals surface area contributed by atoms with E-state index in [9.17, 15) is 9.59 Å². The Balaban J connectivity index is 1.33. The normalized spacial score (nSPS) is 19.5. The average molecular weight is 451 g/mol. The molecular weight excluding hydrogens is 420 g/mol. The molecular formula is C24H30N6O3. The summed E-state index contributed by atoms with van der Waals surface area (Å²) in [5.41, 5.74) is 0.982. The van der Waals surface area contributed by atoms with E-state index in [0.29, 0.717) is 45.8 Å². The first kappa shape index (κ1) is 22.7. The quantitative estimate of drug-likeness (QED) is 0.674. The van der Waals surface area contributed by atoms with E-state index in [1.54, 1.807) is 25.7 Å². The van der Waals surface area contributed by atoms with Gasteiger partial charge in [0.25, 0.3) is 0 Å². The van der Waals surface area contributed by atoms with Gasteiger partial charge in [0.05, 0.1) is 25.8 Å². The van der Waals surface area contributed by atoms with Crippen molar-refractivity contribution in [1.82, 2.24) is 25.1 Å². The highest BCUT2D eigenvalue weighted by molar-refractivity contribution is 5.89. The lowest BCUT2D eigenvalue weighted by molar-refractivity contribution is -0.138. The number of nitrogens with one attached hydrogen (secondary N) is 1. The first-order valence-corrected chi connectivity index (χ1v) is 11.3. The van der Waals surface area contributed by atoms with Crippen molar-refractivity contribution in [3.05, 3.63) is 54.5 Å². The first-order valence-electron chi connectivity index (χ1n) is 11.3. The van der Waals surface area contributed by atoms with Crippen molar-refractivity contribution in [2.45, 2.75) is 12.5 Å². The maximum absolute atomic E-state index is 13.0. The van der Waals surface area contributed by atoms with Crippen molar-refractivity contribution >= 4 is 23.7 Å². The van der Waals surface area contributed by atoms with E-state index in [2.05, 4.69) is 25.1 Å². The molecule has 9 nitrogen and oxygen atoms in total. The number of benzene rings is 1. The number of methoxy groups -OCH3 is 1. The van der Waals surface area contributed by atoms with Gasteiger partial charge in [-0.1, -0.05) is 30.4 Å². The molecule has 0 saturated carbocycles. The fraction of sp³-hybridized carbons (Fsp3) is 0.417. The average Bonchev–Trinajstić information content (AvgIpc) is 2.87. The summed E-state index contributed by atoms with van der Waals surface area (Å²) in [5, 5.41) is 2.91. The molecule has 0 bridgehead atoms. The van der Waals surface area contributed by atoms with Gasteiger partial charge in [-0.2, -0.15) is 0 Å². The molecule has 2 saturated heterocycles. The molecule has 9 heteroatoms. The minimum Gasteiger partial charge on any atom is -0.496 e. The highest BCUT2D eigenvalue weighted by Crippen LogP contribution is 2.19. The van der Waals surface area contributed by atoms with Crippen LogP contribution in [0.3, 0.4) is 0 Å². The minimum absolute atomic E-state index is 0.00885. The van der Waals surface area contributed by atoms with Crippen LogP contribution in [0.1, 0.15) is 12.0 Å². The second kappa shape index (κ2) is 10.9. The third-order valence-electron chi connectivity index (χ3n) is 6.09. The third kappa shape index (κ3) is 5.67. The number of rotatable bonds is 7. The van der Waals surface area contributed by atoms with Gasteiger partial charge in [-0.3, -0.25) is 19.5 Å². The number of piperazine rings is 2. The Kier molecular flexibility index (Phi) is 7.51. The van der Waals surface area contributed by atoms with E-state index in [1.807, 2.05) is 41.3 Å². The Labute approximate surface area is 194 Å². The number of nitrogens with zero attached hydrogens (tertiary/aromatic N) is 5. The van der Waals surface area contributed by atoms with Gasteiger partial charge in [-0.25, -0.2) is 4.98 Å². The van der Waals surface area contributed by atoms with E-state index >= 15 is 0 Å². The van der Waals surface area contributed by atoms with Crippen LogP contribution in [-0.4, -0.2) is 90.5 Å². The molecule has 1 atom stereocenters. The molecule has 3 heterocycles. The summed E-state index contributed by atoms with van der Waals surface area (Å²) in [5.74, 6) is 1.55. The molecule has 2 amide bonds. The number of para-hydroxylation sites is 1. The van der Waals surface area contributed by atoms with E-state index in [1.165, 1.54) is 0 Å². The Morgan fingerprint density at radius 1 is 1.18 bits per heavy atom.